The summed E-state index contributed by atoms with van der Waals surface area (Å²) in [6.45, 7) is 5.24. The molecule has 7 nitrogen and oxygen atoms in total. The van der Waals surface area contributed by atoms with E-state index in [1.54, 1.807) is 20.8 Å². The zero-order valence-corrected chi connectivity index (χ0v) is 12.2. The standard InChI is InChI=1S/C13H23NO6/c1-12(2,3)20-11(18)14(6-7-15)13(10(16)17)4-8-19-9-5-13/h15H,4-9H2,1-3H3,(H,16,17). The molecule has 0 aliphatic carbocycles. The van der Waals surface area contributed by atoms with E-state index in [-0.39, 0.29) is 39.2 Å². The van der Waals surface area contributed by atoms with Gasteiger partial charge in [-0.05, 0) is 20.8 Å². The Labute approximate surface area is 118 Å². The Kier molecular flexibility index (Phi) is 5.35. The minimum atomic E-state index is -1.37. The van der Waals surface area contributed by atoms with E-state index in [0.717, 1.165) is 4.90 Å². The van der Waals surface area contributed by atoms with Crippen LogP contribution in [0.2, 0.25) is 0 Å². The largest absolute Gasteiger partial charge is 0.479 e. The lowest BCUT2D eigenvalue weighted by Crippen LogP contribution is -2.61. The number of rotatable bonds is 4. The van der Waals surface area contributed by atoms with Crippen LogP contribution in [-0.2, 0) is 14.3 Å². The van der Waals surface area contributed by atoms with E-state index in [1.165, 1.54) is 0 Å². The first kappa shape index (κ1) is 16.7. The molecule has 1 rings (SSSR count). The smallest absolute Gasteiger partial charge is 0.411 e. The normalized spacial score (nSPS) is 18.4. The molecule has 0 aromatic rings. The van der Waals surface area contributed by atoms with E-state index in [4.69, 9.17) is 14.6 Å². The van der Waals surface area contributed by atoms with Gasteiger partial charge >= 0.3 is 12.1 Å². The Hall–Kier alpha value is -1.34. The van der Waals surface area contributed by atoms with Crippen molar-refractivity contribution in [3.8, 4) is 0 Å². The lowest BCUT2D eigenvalue weighted by Gasteiger charge is -2.42. The Morgan fingerprint density at radius 3 is 2.25 bits per heavy atom. The number of hydrogen-bond acceptors (Lipinski definition) is 5. The third kappa shape index (κ3) is 3.83. The minimum Gasteiger partial charge on any atom is -0.479 e. The first-order valence-electron chi connectivity index (χ1n) is 6.65. The highest BCUT2D eigenvalue weighted by Gasteiger charge is 2.48. The van der Waals surface area contributed by atoms with E-state index in [2.05, 4.69) is 0 Å². The molecule has 0 atom stereocenters. The molecule has 0 bridgehead atoms. The summed E-state index contributed by atoms with van der Waals surface area (Å²) in [6, 6.07) is 0. The number of carbonyl (C=O) groups is 2. The summed E-state index contributed by atoms with van der Waals surface area (Å²) in [5.41, 5.74) is -2.10. The van der Waals surface area contributed by atoms with Crippen LogP contribution in [0.25, 0.3) is 0 Å². The number of carbonyl (C=O) groups excluding carboxylic acids is 1. The van der Waals surface area contributed by atoms with Gasteiger partial charge in [0.25, 0.3) is 0 Å². The molecule has 1 aliphatic rings. The van der Waals surface area contributed by atoms with Gasteiger partial charge in [0.2, 0.25) is 0 Å². The zero-order chi connectivity index (χ0) is 15.4. The molecule has 20 heavy (non-hydrogen) atoms. The second kappa shape index (κ2) is 6.41. The highest BCUT2D eigenvalue weighted by atomic mass is 16.6. The third-order valence-electron chi connectivity index (χ3n) is 3.17. The number of hydrogen-bond donors (Lipinski definition) is 2. The molecule has 0 radical (unpaired) electrons. The molecule has 0 aromatic carbocycles. The Bertz CT molecular complexity index is 356. The molecule has 0 spiro atoms. The number of nitrogens with zero attached hydrogens (tertiary/aromatic N) is 1. The maximum absolute atomic E-state index is 12.2. The molecule has 1 aliphatic heterocycles. The number of carboxylic acid groups (broad SMARTS) is 1. The molecule has 1 amide bonds. The number of aliphatic carboxylic acids is 1. The molecule has 0 aromatic heterocycles. The van der Waals surface area contributed by atoms with Crippen LogP contribution in [0.15, 0.2) is 0 Å². The van der Waals surface area contributed by atoms with E-state index < -0.39 is 23.2 Å². The van der Waals surface area contributed by atoms with Gasteiger partial charge in [-0.2, -0.15) is 0 Å². The summed E-state index contributed by atoms with van der Waals surface area (Å²) < 4.78 is 10.4. The van der Waals surface area contributed by atoms with Gasteiger partial charge in [0.1, 0.15) is 11.1 Å². The van der Waals surface area contributed by atoms with Crippen LogP contribution in [0.5, 0.6) is 0 Å². The fourth-order valence-electron chi connectivity index (χ4n) is 2.21. The SMILES string of the molecule is CC(C)(C)OC(=O)N(CCO)C1(C(=O)O)CCOCC1. The predicted octanol–water partition coefficient (Wildman–Crippen LogP) is 0.850. The van der Waals surface area contributed by atoms with Gasteiger partial charge in [0, 0.05) is 32.6 Å². The fraction of sp³-hybridized carbons (Fsp3) is 0.846. The first-order valence-corrected chi connectivity index (χ1v) is 6.65. The van der Waals surface area contributed by atoms with E-state index in [1.807, 2.05) is 0 Å². The Morgan fingerprint density at radius 1 is 1.30 bits per heavy atom. The molecule has 0 saturated carbocycles. The van der Waals surface area contributed by atoms with E-state index in [0.29, 0.717) is 0 Å². The highest BCUT2D eigenvalue weighted by molar-refractivity contribution is 5.84. The summed E-state index contributed by atoms with van der Waals surface area (Å²) >= 11 is 0. The van der Waals surface area contributed by atoms with Gasteiger partial charge in [0.15, 0.2) is 0 Å². The van der Waals surface area contributed by atoms with Crippen molar-refractivity contribution in [3.05, 3.63) is 0 Å². The van der Waals surface area contributed by atoms with E-state index in [9.17, 15) is 14.7 Å². The number of ether oxygens (including phenoxy) is 2. The van der Waals surface area contributed by atoms with Crippen molar-refractivity contribution in [2.45, 2.75) is 44.8 Å². The van der Waals surface area contributed by atoms with Gasteiger partial charge in [-0.1, -0.05) is 0 Å². The fourth-order valence-corrected chi connectivity index (χ4v) is 2.21. The second-order valence-electron chi connectivity index (χ2n) is 5.80. The van der Waals surface area contributed by atoms with Gasteiger partial charge in [-0.25, -0.2) is 9.59 Å². The number of amides is 1. The molecule has 0 unspecified atom stereocenters. The maximum Gasteiger partial charge on any atom is 0.411 e. The lowest BCUT2D eigenvalue weighted by atomic mass is 9.88. The third-order valence-corrected chi connectivity index (χ3v) is 3.17. The predicted molar refractivity (Wildman–Crippen MR) is 70.4 cm³/mol. The average molecular weight is 289 g/mol. The highest BCUT2D eigenvalue weighted by Crippen LogP contribution is 2.30. The zero-order valence-electron chi connectivity index (χ0n) is 12.2. The van der Waals surface area contributed by atoms with Crippen molar-refractivity contribution >= 4 is 12.1 Å². The molecule has 7 heteroatoms. The van der Waals surface area contributed by atoms with Crippen molar-refractivity contribution in [2.75, 3.05) is 26.4 Å². The topological polar surface area (TPSA) is 96.3 Å². The summed E-state index contributed by atoms with van der Waals surface area (Å²) in [6.07, 6.45) is -0.362. The molecule has 1 fully saturated rings. The van der Waals surface area contributed by atoms with E-state index >= 15 is 0 Å². The summed E-state index contributed by atoms with van der Waals surface area (Å²) in [7, 11) is 0. The molecule has 2 N–H and O–H groups in total. The van der Waals surface area contributed by atoms with Crippen LogP contribution < -0.4 is 0 Å². The molecule has 1 saturated heterocycles. The minimum absolute atomic E-state index is 0.0821. The molecule has 116 valence electrons. The van der Waals surface area contributed by atoms with Crippen LogP contribution in [0, 0.1) is 0 Å². The Balaban J connectivity index is 3.02. The maximum atomic E-state index is 12.2. The quantitative estimate of drug-likeness (QED) is 0.796. The molecule has 1 heterocycles. The van der Waals surface area contributed by atoms with Crippen LogP contribution in [0.3, 0.4) is 0 Å². The lowest BCUT2D eigenvalue weighted by molar-refractivity contribution is -0.158. The monoisotopic (exact) mass is 289 g/mol. The number of aliphatic hydroxyl groups excluding tert-OH is 1. The van der Waals surface area contributed by atoms with Gasteiger partial charge in [0.05, 0.1) is 6.61 Å². The van der Waals surface area contributed by atoms with Crippen molar-refractivity contribution in [2.24, 2.45) is 0 Å². The van der Waals surface area contributed by atoms with Crippen molar-refractivity contribution in [1.29, 1.82) is 0 Å². The molecular weight excluding hydrogens is 266 g/mol. The van der Waals surface area contributed by atoms with Gasteiger partial charge < -0.3 is 19.7 Å². The number of carboxylic acids is 1. The molecular formula is C13H23NO6. The Morgan fingerprint density at radius 2 is 1.85 bits per heavy atom. The van der Waals surface area contributed by atoms with Crippen molar-refractivity contribution in [1.82, 2.24) is 4.90 Å². The average Bonchev–Trinajstić information content (AvgIpc) is 2.34. The van der Waals surface area contributed by atoms with Crippen molar-refractivity contribution < 1.29 is 29.3 Å². The number of aliphatic hydroxyl groups is 1. The number of β-amino-alcohol motifs (C(OH)–C–C–N with tert-alkyl or cyclic N) is 1. The van der Waals surface area contributed by atoms with Crippen molar-refractivity contribution in [3.63, 3.8) is 0 Å². The van der Waals surface area contributed by atoms with Gasteiger partial charge in [-0.15, -0.1) is 0 Å². The summed E-state index contributed by atoms with van der Waals surface area (Å²) in [4.78, 5) is 25.0. The van der Waals surface area contributed by atoms with Crippen LogP contribution >= 0.6 is 0 Å². The van der Waals surface area contributed by atoms with Crippen LogP contribution in [0.1, 0.15) is 33.6 Å². The summed E-state index contributed by atoms with van der Waals surface area (Å²) in [5.74, 6) is -1.10. The van der Waals surface area contributed by atoms with Crippen LogP contribution in [0.4, 0.5) is 4.79 Å². The summed E-state index contributed by atoms with van der Waals surface area (Å²) in [5, 5.41) is 18.7. The van der Waals surface area contributed by atoms with Crippen LogP contribution in [-0.4, -0.2) is 64.7 Å². The van der Waals surface area contributed by atoms with Gasteiger partial charge in [-0.3, -0.25) is 4.90 Å². The second-order valence-corrected chi connectivity index (χ2v) is 5.80. The first-order chi connectivity index (χ1) is 9.23.